The van der Waals surface area contributed by atoms with Crippen molar-refractivity contribution in [2.75, 3.05) is 12.4 Å². The van der Waals surface area contributed by atoms with E-state index in [0.717, 1.165) is 38.5 Å². The monoisotopic (exact) mass is 363 g/mol. The van der Waals surface area contributed by atoms with Crippen LogP contribution in [-0.2, 0) is 0 Å². The van der Waals surface area contributed by atoms with E-state index in [1.54, 1.807) is 6.33 Å². The first-order valence-electron chi connectivity index (χ1n) is 8.08. The molecule has 130 valence electrons. The summed E-state index contributed by atoms with van der Waals surface area (Å²) in [6, 6.07) is 12.0. The Balaban J connectivity index is 1.75. The highest BCUT2D eigenvalue weighted by Crippen LogP contribution is 2.30. The summed E-state index contributed by atoms with van der Waals surface area (Å²) in [5, 5.41) is 3.94. The van der Waals surface area contributed by atoms with E-state index in [2.05, 4.69) is 15.3 Å². The minimum Gasteiger partial charge on any atom is -0.373 e. The number of amides is 1. The van der Waals surface area contributed by atoms with E-state index < -0.39 is 5.91 Å². The van der Waals surface area contributed by atoms with Crippen LogP contribution in [0.5, 0.6) is 0 Å². The van der Waals surface area contributed by atoms with Crippen LogP contribution >= 0.6 is 11.3 Å². The molecule has 0 radical (unpaired) electrons. The molecule has 0 bridgehead atoms. The van der Waals surface area contributed by atoms with Gasteiger partial charge in [-0.2, -0.15) is 0 Å². The van der Waals surface area contributed by atoms with E-state index in [-0.39, 0.29) is 0 Å². The zero-order valence-electron chi connectivity index (χ0n) is 14.4. The summed E-state index contributed by atoms with van der Waals surface area (Å²) in [4.78, 5) is 21.0. The van der Waals surface area contributed by atoms with Gasteiger partial charge in [0.15, 0.2) is 0 Å². The molecule has 3 N–H and O–H groups in total. The number of carbonyl (C=O) groups is 1. The number of thiophene rings is 1. The molecule has 1 aromatic carbocycles. The number of anilines is 1. The first kappa shape index (κ1) is 16.3. The molecule has 0 atom stereocenters. The molecule has 6 nitrogen and oxygen atoms in total. The second-order valence-corrected chi connectivity index (χ2v) is 6.99. The summed E-state index contributed by atoms with van der Waals surface area (Å²) in [5.74, 6) is 0.431. The maximum absolute atomic E-state index is 11.5. The Kier molecular flexibility index (Phi) is 3.93. The van der Waals surface area contributed by atoms with Gasteiger partial charge in [-0.05, 0) is 48.4 Å². The summed E-state index contributed by atoms with van der Waals surface area (Å²) in [6.45, 7) is 1.89. The van der Waals surface area contributed by atoms with Crippen LogP contribution < -0.4 is 11.1 Å². The van der Waals surface area contributed by atoms with Crippen molar-refractivity contribution < 1.29 is 4.79 Å². The number of fused-ring (bicyclic) bond motifs is 1. The Bertz CT molecular complexity index is 1110. The highest BCUT2D eigenvalue weighted by atomic mass is 32.1. The number of benzene rings is 1. The highest BCUT2D eigenvalue weighted by Gasteiger charge is 2.14. The Morgan fingerprint density at radius 3 is 2.62 bits per heavy atom. The molecule has 0 unspecified atom stereocenters. The number of aryl methyl sites for hydroxylation is 1. The SMILES string of the molecule is CNc1ccc(-c2ccc3c(c2)ncn3-c2cc(C)c(C(N)=O)s2)cn1. The second-order valence-electron chi connectivity index (χ2n) is 5.96. The first-order chi connectivity index (χ1) is 12.6. The molecule has 4 rings (SSSR count). The van der Waals surface area contributed by atoms with Crippen molar-refractivity contribution in [1.29, 1.82) is 0 Å². The summed E-state index contributed by atoms with van der Waals surface area (Å²) in [6.07, 6.45) is 3.61. The average Bonchev–Trinajstić information content (AvgIpc) is 3.24. The molecule has 0 aliphatic heterocycles. The van der Waals surface area contributed by atoms with E-state index in [9.17, 15) is 4.79 Å². The van der Waals surface area contributed by atoms with Gasteiger partial charge in [0.1, 0.15) is 17.1 Å². The summed E-state index contributed by atoms with van der Waals surface area (Å²) in [7, 11) is 1.84. The standard InChI is InChI=1S/C19H17N5OS/c1-11-7-17(26-18(11)19(20)25)24-10-23-14-8-12(3-5-15(14)24)13-4-6-16(21-2)22-9-13/h3-10H,1-2H3,(H2,20,25)(H,21,22). The van der Waals surface area contributed by atoms with E-state index in [4.69, 9.17) is 5.73 Å². The van der Waals surface area contributed by atoms with Gasteiger partial charge in [0, 0.05) is 18.8 Å². The van der Waals surface area contributed by atoms with Gasteiger partial charge in [0.25, 0.3) is 5.91 Å². The molecule has 0 aliphatic carbocycles. The first-order valence-corrected chi connectivity index (χ1v) is 8.90. The lowest BCUT2D eigenvalue weighted by molar-refractivity contribution is 0.100. The number of pyridine rings is 1. The zero-order valence-corrected chi connectivity index (χ0v) is 15.2. The van der Waals surface area contributed by atoms with Crippen LogP contribution in [0, 0.1) is 6.92 Å². The zero-order chi connectivity index (χ0) is 18.3. The van der Waals surface area contributed by atoms with E-state index in [1.807, 2.05) is 61.1 Å². The van der Waals surface area contributed by atoms with Crippen molar-refractivity contribution in [3.8, 4) is 16.1 Å². The quantitative estimate of drug-likeness (QED) is 0.580. The molecule has 0 saturated carbocycles. The Labute approximate surface area is 154 Å². The topological polar surface area (TPSA) is 85.8 Å². The van der Waals surface area contributed by atoms with Crippen LogP contribution in [0.1, 0.15) is 15.2 Å². The summed E-state index contributed by atoms with van der Waals surface area (Å²) < 4.78 is 1.98. The molecule has 1 amide bonds. The van der Waals surface area contributed by atoms with Crippen molar-refractivity contribution >= 4 is 34.1 Å². The number of hydrogen-bond acceptors (Lipinski definition) is 5. The van der Waals surface area contributed by atoms with Crippen molar-refractivity contribution in [3.63, 3.8) is 0 Å². The van der Waals surface area contributed by atoms with Crippen molar-refractivity contribution in [2.24, 2.45) is 5.73 Å². The third kappa shape index (κ3) is 2.72. The molecule has 0 spiro atoms. The van der Waals surface area contributed by atoms with Crippen molar-refractivity contribution in [1.82, 2.24) is 14.5 Å². The van der Waals surface area contributed by atoms with Crippen molar-refractivity contribution in [3.05, 3.63) is 59.4 Å². The molecule has 0 fully saturated rings. The third-order valence-electron chi connectivity index (χ3n) is 4.27. The third-order valence-corrected chi connectivity index (χ3v) is 5.52. The molecule has 0 saturated heterocycles. The van der Waals surface area contributed by atoms with Crippen LogP contribution in [-0.4, -0.2) is 27.5 Å². The minimum atomic E-state index is -0.400. The average molecular weight is 363 g/mol. The summed E-state index contributed by atoms with van der Waals surface area (Å²) >= 11 is 1.38. The molecule has 4 aromatic rings. The molecule has 0 aliphatic rings. The number of rotatable bonds is 4. The van der Waals surface area contributed by atoms with Gasteiger partial charge in [-0.25, -0.2) is 9.97 Å². The smallest absolute Gasteiger partial charge is 0.259 e. The normalized spacial score (nSPS) is 11.0. The molecular weight excluding hydrogens is 346 g/mol. The van der Waals surface area contributed by atoms with Crippen LogP contribution in [0.25, 0.3) is 27.2 Å². The number of primary amides is 1. The Morgan fingerprint density at radius 2 is 1.96 bits per heavy atom. The second kappa shape index (κ2) is 6.27. The van der Waals surface area contributed by atoms with Crippen molar-refractivity contribution in [2.45, 2.75) is 6.92 Å². The number of nitrogens with two attached hydrogens (primary N) is 1. The largest absolute Gasteiger partial charge is 0.373 e. The maximum atomic E-state index is 11.5. The van der Waals surface area contributed by atoms with Gasteiger partial charge in [0.05, 0.1) is 15.9 Å². The lowest BCUT2D eigenvalue weighted by Gasteiger charge is -2.04. The molecule has 3 heterocycles. The Hall–Kier alpha value is -3.19. The lowest BCUT2D eigenvalue weighted by atomic mass is 10.1. The molecule has 26 heavy (non-hydrogen) atoms. The predicted molar refractivity (Wildman–Crippen MR) is 105 cm³/mol. The van der Waals surface area contributed by atoms with Gasteiger partial charge >= 0.3 is 0 Å². The van der Waals surface area contributed by atoms with E-state index >= 15 is 0 Å². The minimum absolute atomic E-state index is 0.400. The van der Waals surface area contributed by atoms with Gasteiger partial charge in [-0.15, -0.1) is 11.3 Å². The molecule has 7 heteroatoms. The van der Waals surface area contributed by atoms with Crippen LogP contribution in [0.15, 0.2) is 48.9 Å². The fourth-order valence-corrected chi connectivity index (χ4v) is 3.92. The number of nitrogens with one attached hydrogen (secondary N) is 1. The van der Waals surface area contributed by atoms with E-state index in [1.165, 1.54) is 11.3 Å². The number of carbonyl (C=O) groups excluding carboxylic acids is 1. The summed E-state index contributed by atoms with van der Waals surface area (Å²) in [5.41, 5.74) is 10.3. The van der Waals surface area contributed by atoms with Crippen LogP contribution in [0.4, 0.5) is 5.82 Å². The van der Waals surface area contributed by atoms with Gasteiger partial charge in [0.2, 0.25) is 0 Å². The molecule has 3 aromatic heterocycles. The van der Waals surface area contributed by atoms with Gasteiger partial charge < -0.3 is 11.1 Å². The number of imidazole rings is 1. The number of aromatic nitrogens is 3. The highest BCUT2D eigenvalue weighted by molar-refractivity contribution is 7.16. The number of hydrogen-bond donors (Lipinski definition) is 2. The number of nitrogens with zero attached hydrogens (tertiary/aromatic N) is 3. The molecular formula is C19H17N5OS. The maximum Gasteiger partial charge on any atom is 0.259 e. The predicted octanol–water partition coefficient (Wildman–Crippen LogP) is 3.60. The lowest BCUT2D eigenvalue weighted by Crippen LogP contribution is -2.09. The van der Waals surface area contributed by atoms with Gasteiger partial charge in [-0.3, -0.25) is 9.36 Å². The van der Waals surface area contributed by atoms with Crippen LogP contribution in [0.2, 0.25) is 0 Å². The fourth-order valence-electron chi connectivity index (χ4n) is 2.91. The Morgan fingerprint density at radius 1 is 1.15 bits per heavy atom. The fraction of sp³-hybridized carbons (Fsp3) is 0.105. The van der Waals surface area contributed by atoms with E-state index in [0.29, 0.717) is 4.88 Å². The van der Waals surface area contributed by atoms with Crippen LogP contribution in [0.3, 0.4) is 0 Å². The van der Waals surface area contributed by atoms with Gasteiger partial charge in [-0.1, -0.05) is 6.07 Å².